The summed E-state index contributed by atoms with van der Waals surface area (Å²) in [6.45, 7) is 7.50. The zero-order valence-corrected chi connectivity index (χ0v) is 25.4. The summed E-state index contributed by atoms with van der Waals surface area (Å²) in [6, 6.07) is 13.1. The maximum absolute atomic E-state index is 13.1. The summed E-state index contributed by atoms with van der Waals surface area (Å²) in [6.07, 6.45) is 3.28. The van der Waals surface area contributed by atoms with E-state index in [1.165, 1.54) is 0 Å². The monoisotopic (exact) mass is 597 g/mol. The molecule has 5 rings (SSSR count). The number of aromatic nitrogens is 4. The molecule has 3 amide bonds. The summed E-state index contributed by atoms with van der Waals surface area (Å²) < 4.78 is 0. The second-order valence-electron chi connectivity index (χ2n) is 11.5. The fourth-order valence-corrected chi connectivity index (χ4v) is 6.66. The van der Waals surface area contributed by atoms with Crippen molar-refractivity contribution in [1.82, 2.24) is 41.5 Å². The highest BCUT2D eigenvalue weighted by atomic mass is 16.2. The van der Waals surface area contributed by atoms with Crippen LogP contribution in [0.15, 0.2) is 36.4 Å². The van der Waals surface area contributed by atoms with Gasteiger partial charge >= 0.3 is 0 Å². The van der Waals surface area contributed by atoms with Crippen molar-refractivity contribution in [2.24, 2.45) is 0 Å². The Kier molecular flexibility index (Phi) is 9.35. The molecule has 0 bridgehead atoms. The van der Waals surface area contributed by atoms with Gasteiger partial charge in [-0.25, -0.2) is 5.10 Å². The van der Waals surface area contributed by atoms with Gasteiger partial charge in [0.1, 0.15) is 6.04 Å². The first-order valence-electron chi connectivity index (χ1n) is 15.3. The first-order chi connectivity index (χ1) is 21.3. The van der Waals surface area contributed by atoms with E-state index < -0.39 is 5.41 Å². The third-order valence-corrected chi connectivity index (χ3v) is 8.68. The number of carbonyl (C=O) groups is 3. The molecular weight excluding hydrogens is 558 g/mol. The third-order valence-electron chi connectivity index (χ3n) is 8.68. The SMILES string of the molecule is CCNC(=O)c1ccc2c(c1)CCc1cc(C(=O)NCC)ccc1C2(C[C@@H](C)NCC(=O)N1CCCC1C#N)c1nnn[nH]1. The molecule has 2 atom stereocenters. The molecule has 1 fully saturated rings. The number of hydrogen-bond donors (Lipinski definition) is 4. The van der Waals surface area contributed by atoms with E-state index in [9.17, 15) is 19.6 Å². The van der Waals surface area contributed by atoms with Crippen molar-refractivity contribution in [2.75, 3.05) is 26.2 Å². The number of nitriles is 1. The van der Waals surface area contributed by atoms with Gasteiger partial charge in [0.15, 0.2) is 5.82 Å². The molecule has 44 heavy (non-hydrogen) atoms. The van der Waals surface area contributed by atoms with E-state index in [0.717, 1.165) is 28.7 Å². The Morgan fingerprint density at radius 1 is 1.05 bits per heavy atom. The molecule has 12 nitrogen and oxygen atoms in total. The Bertz CT molecular complexity index is 1490. The fraction of sp³-hybridized carbons (Fsp3) is 0.469. The standard InChI is InChI=1S/C32H39N9O3/c1-4-34-29(43)23-10-12-26-21(15-23)8-9-22-16-24(30(44)35-5-2)11-13-27(22)32(26,31-37-39-40-38-31)17-20(3)36-19-28(42)41-14-6-7-25(41)18-33/h10-13,15-16,20,25,36H,4-9,14,17,19H2,1-3H3,(H,34,43)(H,35,44)(H,37,38,39,40)/t20-,25?/m1/s1. The molecule has 2 heterocycles. The molecule has 1 aliphatic heterocycles. The molecule has 4 N–H and O–H groups in total. The van der Waals surface area contributed by atoms with E-state index in [2.05, 4.69) is 42.6 Å². The van der Waals surface area contributed by atoms with E-state index >= 15 is 0 Å². The van der Waals surface area contributed by atoms with Crippen LogP contribution in [-0.4, -0.2) is 81.5 Å². The summed E-state index contributed by atoms with van der Waals surface area (Å²) in [5, 5.41) is 34.0. The average Bonchev–Trinajstić information content (AvgIpc) is 3.73. The molecule has 230 valence electrons. The Labute approximate surface area is 257 Å². The quantitative estimate of drug-likeness (QED) is 0.275. The van der Waals surface area contributed by atoms with Crippen molar-refractivity contribution < 1.29 is 14.4 Å². The molecule has 1 saturated heterocycles. The molecule has 0 radical (unpaired) electrons. The van der Waals surface area contributed by atoms with E-state index in [1.54, 1.807) is 4.90 Å². The number of H-pyrrole nitrogens is 1. The van der Waals surface area contributed by atoms with Crippen molar-refractivity contribution >= 4 is 17.7 Å². The van der Waals surface area contributed by atoms with Crippen LogP contribution in [0.25, 0.3) is 0 Å². The third kappa shape index (κ3) is 5.92. The highest BCUT2D eigenvalue weighted by Crippen LogP contribution is 2.47. The normalized spacial score (nSPS) is 17.5. The van der Waals surface area contributed by atoms with E-state index in [1.807, 2.05) is 57.2 Å². The van der Waals surface area contributed by atoms with Gasteiger partial charge in [0.05, 0.1) is 18.0 Å². The summed E-state index contributed by atoms with van der Waals surface area (Å²) in [5.41, 5.74) is 4.13. The molecule has 0 saturated carbocycles. The number of aryl methyl sites for hydroxylation is 2. The van der Waals surface area contributed by atoms with Gasteiger partial charge in [0.25, 0.3) is 11.8 Å². The highest BCUT2D eigenvalue weighted by Gasteiger charge is 2.45. The molecule has 1 aliphatic carbocycles. The molecule has 0 spiro atoms. The second-order valence-corrected chi connectivity index (χ2v) is 11.5. The number of tetrazole rings is 1. The summed E-state index contributed by atoms with van der Waals surface area (Å²) in [7, 11) is 0. The lowest BCUT2D eigenvalue weighted by atomic mass is 9.67. The number of aromatic amines is 1. The zero-order valence-electron chi connectivity index (χ0n) is 25.4. The number of amides is 3. The van der Waals surface area contributed by atoms with Crippen molar-refractivity contribution in [2.45, 2.75) is 70.4 Å². The van der Waals surface area contributed by atoms with Gasteiger partial charge in [-0.05, 0) is 110 Å². The molecule has 1 aromatic heterocycles. The molecule has 12 heteroatoms. The smallest absolute Gasteiger partial charge is 0.251 e. The molecule has 1 unspecified atom stereocenters. The van der Waals surface area contributed by atoms with Gasteiger partial charge in [-0.2, -0.15) is 5.26 Å². The first-order valence-corrected chi connectivity index (χ1v) is 15.3. The lowest BCUT2D eigenvalue weighted by Crippen LogP contribution is -2.45. The minimum Gasteiger partial charge on any atom is -0.352 e. The summed E-state index contributed by atoms with van der Waals surface area (Å²) in [5.74, 6) is 0.140. The number of benzene rings is 2. The van der Waals surface area contributed by atoms with Crippen molar-refractivity contribution in [1.29, 1.82) is 5.26 Å². The summed E-state index contributed by atoms with van der Waals surface area (Å²) >= 11 is 0. The van der Waals surface area contributed by atoms with Crippen molar-refractivity contribution in [3.05, 3.63) is 75.6 Å². The molecule has 2 aromatic carbocycles. The average molecular weight is 598 g/mol. The maximum atomic E-state index is 13.1. The van der Waals surface area contributed by atoms with Crippen LogP contribution in [-0.2, 0) is 23.1 Å². The molecular formula is C32H39N9O3. The minimum absolute atomic E-state index is 0.0933. The van der Waals surface area contributed by atoms with Crippen LogP contribution in [0.5, 0.6) is 0 Å². The number of likely N-dealkylation sites (tertiary alicyclic amines) is 1. The second kappa shape index (κ2) is 13.3. The van der Waals surface area contributed by atoms with E-state index in [0.29, 0.717) is 62.3 Å². The van der Waals surface area contributed by atoms with Crippen LogP contribution in [0.2, 0.25) is 0 Å². The van der Waals surface area contributed by atoms with Crippen LogP contribution in [0.1, 0.15) is 88.8 Å². The fourth-order valence-electron chi connectivity index (χ4n) is 6.66. The predicted molar refractivity (Wildman–Crippen MR) is 163 cm³/mol. The number of nitrogens with zero attached hydrogens (tertiary/aromatic N) is 5. The molecule has 2 aliphatic rings. The van der Waals surface area contributed by atoms with Gasteiger partial charge < -0.3 is 20.9 Å². The Morgan fingerprint density at radius 3 is 2.18 bits per heavy atom. The van der Waals surface area contributed by atoms with Gasteiger partial charge in [-0.1, -0.05) is 12.1 Å². The van der Waals surface area contributed by atoms with Crippen molar-refractivity contribution in [3.63, 3.8) is 0 Å². The largest absolute Gasteiger partial charge is 0.352 e. The predicted octanol–water partition coefficient (Wildman–Crippen LogP) is 2.01. The van der Waals surface area contributed by atoms with Gasteiger partial charge in [-0.3, -0.25) is 14.4 Å². The van der Waals surface area contributed by atoms with Gasteiger partial charge in [0.2, 0.25) is 5.91 Å². The number of carbonyl (C=O) groups excluding carboxylic acids is 3. The van der Waals surface area contributed by atoms with Crippen LogP contribution in [0.3, 0.4) is 0 Å². The van der Waals surface area contributed by atoms with Crippen LogP contribution >= 0.6 is 0 Å². The topological polar surface area (TPSA) is 169 Å². The number of fused-ring (bicyclic) bond motifs is 2. The number of hydrogen-bond acceptors (Lipinski definition) is 8. The molecule has 3 aromatic rings. The number of nitrogens with one attached hydrogen (secondary N) is 4. The minimum atomic E-state index is -0.886. The Balaban J connectivity index is 1.58. The first kappa shape index (κ1) is 30.8. The van der Waals surface area contributed by atoms with Crippen LogP contribution in [0.4, 0.5) is 0 Å². The number of rotatable bonds is 10. The van der Waals surface area contributed by atoms with Crippen LogP contribution in [0, 0.1) is 11.3 Å². The van der Waals surface area contributed by atoms with E-state index in [4.69, 9.17) is 0 Å². The van der Waals surface area contributed by atoms with Gasteiger partial charge in [-0.15, -0.1) is 5.10 Å². The Hall–Kier alpha value is -4.63. The lowest BCUT2D eigenvalue weighted by Gasteiger charge is -2.37. The Morgan fingerprint density at radius 2 is 1.66 bits per heavy atom. The van der Waals surface area contributed by atoms with Crippen molar-refractivity contribution in [3.8, 4) is 6.07 Å². The summed E-state index contributed by atoms with van der Waals surface area (Å²) in [4.78, 5) is 40.4. The highest BCUT2D eigenvalue weighted by molar-refractivity contribution is 5.95. The van der Waals surface area contributed by atoms with E-state index in [-0.39, 0.29) is 36.3 Å². The zero-order chi connectivity index (χ0) is 31.3. The van der Waals surface area contributed by atoms with Crippen LogP contribution < -0.4 is 16.0 Å². The maximum Gasteiger partial charge on any atom is 0.251 e. The van der Waals surface area contributed by atoms with Gasteiger partial charge in [0, 0.05) is 36.8 Å². The lowest BCUT2D eigenvalue weighted by molar-refractivity contribution is -0.130.